The highest BCUT2D eigenvalue weighted by atomic mass is 35.5. The Labute approximate surface area is 168 Å². The quantitative estimate of drug-likeness (QED) is 0.438. The third kappa shape index (κ3) is 3.95. The van der Waals surface area contributed by atoms with E-state index in [4.69, 9.17) is 16.3 Å². The molecule has 144 valence electrons. The number of nitro groups is 1. The molecule has 0 bridgehead atoms. The summed E-state index contributed by atoms with van der Waals surface area (Å²) in [5.41, 5.74) is 0.416. The van der Waals surface area contributed by atoms with Crippen molar-refractivity contribution in [1.82, 2.24) is 4.90 Å². The van der Waals surface area contributed by atoms with Gasteiger partial charge < -0.3 is 9.84 Å². The molecule has 1 N–H and O–H groups in total. The van der Waals surface area contributed by atoms with Crippen molar-refractivity contribution in [2.45, 2.75) is 6.54 Å². The number of thioether (sulfide) groups is 1. The summed E-state index contributed by atoms with van der Waals surface area (Å²) in [4.78, 5) is 36.4. The third-order valence-corrected chi connectivity index (χ3v) is 5.08. The van der Waals surface area contributed by atoms with Gasteiger partial charge >= 0.3 is 5.69 Å². The predicted molar refractivity (Wildman–Crippen MR) is 104 cm³/mol. The number of carbonyl (C=O) groups is 2. The summed E-state index contributed by atoms with van der Waals surface area (Å²) in [6.07, 6.45) is 1.35. The van der Waals surface area contributed by atoms with Gasteiger partial charge in [0.1, 0.15) is 0 Å². The second-order valence-electron chi connectivity index (χ2n) is 5.74. The molecule has 2 aromatic carbocycles. The van der Waals surface area contributed by atoms with Gasteiger partial charge in [0.15, 0.2) is 5.75 Å². The summed E-state index contributed by atoms with van der Waals surface area (Å²) < 4.78 is 4.94. The van der Waals surface area contributed by atoms with E-state index in [-0.39, 0.29) is 22.8 Å². The van der Waals surface area contributed by atoms with Crippen molar-refractivity contribution >= 4 is 46.3 Å². The van der Waals surface area contributed by atoms with Crippen molar-refractivity contribution in [2.24, 2.45) is 0 Å². The first kappa shape index (κ1) is 19.7. The van der Waals surface area contributed by atoms with Crippen LogP contribution >= 0.6 is 23.4 Å². The number of rotatable bonds is 5. The van der Waals surface area contributed by atoms with Crippen LogP contribution in [0.2, 0.25) is 5.02 Å². The summed E-state index contributed by atoms with van der Waals surface area (Å²) in [6, 6.07) is 9.19. The molecule has 0 radical (unpaired) electrons. The number of carbonyl (C=O) groups excluding carboxylic acids is 2. The van der Waals surface area contributed by atoms with Crippen molar-refractivity contribution in [2.75, 3.05) is 7.11 Å². The van der Waals surface area contributed by atoms with Gasteiger partial charge in [0.25, 0.3) is 11.1 Å². The number of aromatic hydroxyl groups is 1. The molecular weight excluding hydrogens is 408 g/mol. The first-order valence-corrected chi connectivity index (χ1v) is 9.05. The first-order chi connectivity index (χ1) is 13.3. The van der Waals surface area contributed by atoms with Crippen molar-refractivity contribution in [1.29, 1.82) is 0 Å². The van der Waals surface area contributed by atoms with E-state index < -0.39 is 27.5 Å². The zero-order valence-electron chi connectivity index (χ0n) is 14.4. The Kier molecular flexibility index (Phi) is 5.57. The molecule has 1 fully saturated rings. The fourth-order valence-electron chi connectivity index (χ4n) is 2.55. The van der Waals surface area contributed by atoms with Crippen LogP contribution in [0.15, 0.2) is 41.3 Å². The van der Waals surface area contributed by atoms with Crippen LogP contribution in [0.4, 0.5) is 10.5 Å². The lowest BCUT2D eigenvalue weighted by atomic mass is 10.1. The average molecular weight is 421 g/mol. The topological polar surface area (TPSA) is 110 Å². The molecule has 0 atom stereocenters. The summed E-state index contributed by atoms with van der Waals surface area (Å²) in [6.45, 7) is 0.0816. The van der Waals surface area contributed by atoms with Gasteiger partial charge in [-0.05, 0) is 47.2 Å². The second kappa shape index (κ2) is 7.91. The molecule has 2 aromatic rings. The molecule has 3 rings (SSSR count). The van der Waals surface area contributed by atoms with E-state index in [0.29, 0.717) is 5.02 Å². The Bertz CT molecular complexity index is 1010. The van der Waals surface area contributed by atoms with Crippen molar-refractivity contribution in [3.8, 4) is 11.5 Å². The molecule has 0 aliphatic carbocycles. The van der Waals surface area contributed by atoms with Gasteiger partial charge in [-0.2, -0.15) is 0 Å². The minimum Gasteiger partial charge on any atom is -0.500 e. The monoisotopic (exact) mass is 420 g/mol. The highest BCUT2D eigenvalue weighted by molar-refractivity contribution is 8.18. The molecule has 0 saturated carbocycles. The van der Waals surface area contributed by atoms with Gasteiger partial charge in [0.2, 0.25) is 5.75 Å². The van der Waals surface area contributed by atoms with E-state index >= 15 is 0 Å². The number of halogens is 1. The third-order valence-electron chi connectivity index (χ3n) is 3.92. The number of phenols is 1. The lowest BCUT2D eigenvalue weighted by molar-refractivity contribution is -0.386. The number of ether oxygens (including phenoxy) is 1. The maximum atomic E-state index is 12.6. The smallest absolute Gasteiger partial charge is 0.315 e. The van der Waals surface area contributed by atoms with E-state index in [2.05, 4.69) is 0 Å². The maximum absolute atomic E-state index is 12.6. The Morgan fingerprint density at radius 3 is 2.57 bits per heavy atom. The molecule has 0 unspecified atom stereocenters. The summed E-state index contributed by atoms with van der Waals surface area (Å²) >= 11 is 6.56. The highest BCUT2D eigenvalue weighted by Gasteiger charge is 2.35. The van der Waals surface area contributed by atoms with E-state index in [1.165, 1.54) is 19.3 Å². The van der Waals surface area contributed by atoms with Crippen LogP contribution in [0, 0.1) is 10.1 Å². The van der Waals surface area contributed by atoms with Crippen LogP contribution in [0.3, 0.4) is 0 Å². The highest BCUT2D eigenvalue weighted by Crippen LogP contribution is 2.39. The van der Waals surface area contributed by atoms with Gasteiger partial charge in [-0.15, -0.1) is 0 Å². The molecule has 10 heteroatoms. The standard InChI is InChI=1S/C18H13ClN2O6S/c1-27-14-7-11(6-13(16(14)22)21(25)26)8-15-17(23)20(18(24)28-15)9-10-2-4-12(19)5-3-10/h2-8,22H,9H2,1H3. The fourth-order valence-corrected chi connectivity index (χ4v) is 3.52. The van der Waals surface area contributed by atoms with E-state index in [1.54, 1.807) is 24.3 Å². The lowest BCUT2D eigenvalue weighted by Gasteiger charge is -2.12. The van der Waals surface area contributed by atoms with E-state index in [9.17, 15) is 24.8 Å². The number of imide groups is 1. The van der Waals surface area contributed by atoms with Gasteiger partial charge in [0, 0.05) is 11.1 Å². The predicted octanol–water partition coefficient (Wildman–Crippen LogP) is 4.20. The van der Waals surface area contributed by atoms with E-state index in [0.717, 1.165) is 28.3 Å². The van der Waals surface area contributed by atoms with Gasteiger partial charge in [-0.1, -0.05) is 23.7 Å². The molecule has 1 heterocycles. The number of benzene rings is 2. The molecule has 0 spiro atoms. The van der Waals surface area contributed by atoms with E-state index in [1.807, 2.05) is 0 Å². The van der Waals surface area contributed by atoms with Crippen LogP contribution in [-0.2, 0) is 11.3 Å². The van der Waals surface area contributed by atoms with Crippen molar-refractivity contribution < 1.29 is 24.4 Å². The zero-order chi connectivity index (χ0) is 20.4. The largest absolute Gasteiger partial charge is 0.500 e. The molecule has 1 aliphatic rings. The van der Waals surface area contributed by atoms with Crippen molar-refractivity contribution in [3.05, 3.63) is 67.6 Å². The van der Waals surface area contributed by atoms with Crippen LogP contribution in [0.25, 0.3) is 6.08 Å². The number of nitro benzene ring substituents is 1. The van der Waals surface area contributed by atoms with Gasteiger partial charge in [-0.3, -0.25) is 24.6 Å². The lowest BCUT2D eigenvalue weighted by Crippen LogP contribution is -2.27. The Morgan fingerprint density at radius 1 is 1.29 bits per heavy atom. The molecule has 0 aromatic heterocycles. The number of hydrogen-bond donors (Lipinski definition) is 1. The molecule has 8 nitrogen and oxygen atoms in total. The second-order valence-corrected chi connectivity index (χ2v) is 7.17. The number of nitrogens with zero attached hydrogens (tertiary/aromatic N) is 2. The summed E-state index contributed by atoms with van der Waals surface area (Å²) in [5, 5.41) is 21.0. The zero-order valence-corrected chi connectivity index (χ0v) is 16.0. The van der Waals surface area contributed by atoms with Crippen LogP contribution in [0.1, 0.15) is 11.1 Å². The molecule has 2 amide bonds. The number of phenolic OH excluding ortho intramolecular Hbond substituents is 1. The molecular formula is C18H13ClN2O6S. The number of amides is 2. The number of methoxy groups -OCH3 is 1. The minimum atomic E-state index is -0.762. The Morgan fingerprint density at radius 2 is 1.96 bits per heavy atom. The van der Waals surface area contributed by atoms with Gasteiger partial charge in [0.05, 0.1) is 23.5 Å². The van der Waals surface area contributed by atoms with Gasteiger partial charge in [-0.25, -0.2) is 0 Å². The van der Waals surface area contributed by atoms with Crippen LogP contribution in [-0.4, -0.2) is 33.2 Å². The minimum absolute atomic E-state index is 0.0816. The van der Waals surface area contributed by atoms with Crippen LogP contribution < -0.4 is 4.74 Å². The maximum Gasteiger partial charge on any atom is 0.315 e. The summed E-state index contributed by atoms with van der Waals surface area (Å²) in [7, 11) is 1.25. The molecule has 1 aliphatic heterocycles. The number of hydrogen-bond acceptors (Lipinski definition) is 7. The first-order valence-electron chi connectivity index (χ1n) is 7.85. The van der Waals surface area contributed by atoms with Crippen LogP contribution in [0.5, 0.6) is 11.5 Å². The SMILES string of the molecule is COc1cc(C=C2SC(=O)N(Cc3ccc(Cl)cc3)C2=O)cc([N+](=O)[O-])c1O. The normalized spacial score (nSPS) is 15.4. The average Bonchev–Trinajstić information content (AvgIpc) is 2.91. The van der Waals surface area contributed by atoms with Crippen molar-refractivity contribution in [3.63, 3.8) is 0 Å². The fraction of sp³-hybridized carbons (Fsp3) is 0.111. The molecule has 28 heavy (non-hydrogen) atoms. The Balaban J connectivity index is 1.90. The molecule has 1 saturated heterocycles. The Hall–Kier alpha value is -3.04. The summed E-state index contributed by atoms with van der Waals surface area (Å²) in [5.74, 6) is -1.24.